The minimum absolute atomic E-state index is 0.140. The van der Waals surface area contributed by atoms with E-state index in [0.29, 0.717) is 35.9 Å². The molecule has 1 fully saturated rings. The molecule has 2 amide bonds. The largest absolute Gasteiger partial charge is 0.488 e. The van der Waals surface area contributed by atoms with Crippen LogP contribution in [0.5, 0.6) is 5.75 Å². The average molecular weight is 359 g/mol. The molecule has 2 aromatic carbocycles. The highest BCUT2D eigenvalue weighted by molar-refractivity contribution is 6.30. The molecule has 1 aliphatic rings. The Morgan fingerprint density at radius 1 is 1.20 bits per heavy atom. The zero-order valence-corrected chi connectivity index (χ0v) is 14.4. The van der Waals surface area contributed by atoms with E-state index in [1.54, 1.807) is 36.4 Å². The number of para-hydroxylation sites is 1. The summed E-state index contributed by atoms with van der Waals surface area (Å²) >= 11 is 5.87. The standard InChI is InChI=1S/C19H19ClN2O3/c20-14-9-7-13(8-10-14)12-25-17-6-2-1-4-15(17)18(23)22-16-5-3-11-21-19(16)24/h1-2,4,6-10,16H,3,5,11-12H2,(H,21,24)(H,22,23). The van der Waals surface area contributed by atoms with Gasteiger partial charge in [-0.3, -0.25) is 9.59 Å². The lowest BCUT2D eigenvalue weighted by atomic mass is 10.1. The molecule has 25 heavy (non-hydrogen) atoms. The van der Waals surface area contributed by atoms with Crippen LogP contribution in [0.4, 0.5) is 0 Å². The summed E-state index contributed by atoms with van der Waals surface area (Å²) in [7, 11) is 0. The summed E-state index contributed by atoms with van der Waals surface area (Å²) in [5.41, 5.74) is 1.36. The van der Waals surface area contributed by atoms with Crippen molar-refractivity contribution in [3.8, 4) is 5.75 Å². The van der Waals surface area contributed by atoms with Crippen LogP contribution >= 0.6 is 11.6 Å². The minimum Gasteiger partial charge on any atom is -0.488 e. The SMILES string of the molecule is O=C(NC1CCCNC1=O)c1ccccc1OCc1ccc(Cl)cc1. The van der Waals surface area contributed by atoms with Gasteiger partial charge in [0.15, 0.2) is 0 Å². The quantitative estimate of drug-likeness (QED) is 0.863. The zero-order valence-electron chi connectivity index (χ0n) is 13.6. The fourth-order valence-electron chi connectivity index (χ4n) is 2.67. The van der Waals surface area contributed by atoms with Crippen molar-refractivity contribution >= 4 is 23.4 Å². The van der Waals surface area contributed by atoms with Gasteiger partial charge in [0.2, 0.25) is 5.91 Å². The number of ether oxygens (including phenoxy) is 1. The van der Waals surface area contributed by atoms with Crippen LogP contribution in [0, 0.1) is 0 Å². The summed E-state index contributed by atoms with van der Waals surface area (Å²) in [5, 5.41) is 6.20. The van der Waals surface area contributed by atoms with Gasteiger partial charge in [0.1, 0.15) is 18.4 Å². The van der Waals surface area contributed by atoms with Crippen LogP contribution in [0.25, 0.3) is 0 Å². The van der Waals surface area contributed by atoms with Crippen LogP contribution < -0.4 is 15.4 Å². The number of halogens is 1. The Morgan fingerprint density at radius 3 is 2.72 bits per heavy atom. The summed E-state index contributed by atoms with van der Waals surface area (Å²) in [6.07, 6.45) is 1.50. The molecule has 3 rings (SSSR count). The van der Waals surface area contributed by atoms with Crippen LogP contribution in [-0.4, -0.2) is 24.4 Å². The van der Waals surface area contributed by atoms with E-state index in [1.807, 2.05) is 12.1 Å². The maximum absolute atomic E-state index is 12.5. The van der Waals surface area contributed by atoms with Crippen molar-refractivity contribution in [1.29, 1.82) is 0 Å². The van der Waals surface area contributed by atoms with Crippen LogP contribution in [0.2, 0.25) is 5.02 Å². The van der Waals surface area contributed by atoms with Gasteiger partial charge in [-0.1, -0.05) is 35.9 Å². The fourth-order valence-corrected chi connectivity index (χ4v) is 2.79. The Bertz CT molecular complexity index is 762. The van der Waals surface area contributed by atoms with Gasteiger partial charge in [0.05, 0.1) is 5.56 Å². The smallest absolute Gasteiger partial charge is 0.255 e. The van der Waals surface area contributed by atoms with Crippen LogP contribution in [0.15, 0.2) is 48.5 Å². The number of carbonyl (C=O) groups is 2. The molecule has 1 atom stereocenters. The Morgan fingerprint density at radius 2 is 1.96 bits per heavy atom. The van der Waals surface area contributed by atoms with E-state index in [4.69, 9.17) is 16.3 Å². The van der Waals surface area contributed by atoms with Crippen molar-refractivity contribution in [2.24, 2.45) is 0 Å². The van der Waals surface area contributed by atoms with Gasteiger partial charge in [0.25, 0.3) is 5.91 Å². The number of hydrogen-bond donors (Lipinski definition) is 2. The third-order valence-electron chi connectivity index (χ3n) is 4.03. The van der Waals surface area contributed by atoms with Crippen LogP contribution in [0.3, 0.4) is 0 Å². The summed E-state index contributed by atoms with van der Waals surface area (Å²) in [5.74, 6) is 0.0269. The van der Waals surface area contributed by atoms with Crippen molar-refractivity contribution in [2.45, 2.75) is 25.5 Å². The summed E-state index contributed by atoms with van der Waals surface area (Å²) in [6.45, 7) is 0.984. The molecule has 0 saturated carbocycles. The summed E-state index contributed by atoms with van der Waals surface area (Å²) < 4.78 is 5.80. The van der Waals surface area contributed by atoms with E-state index >= 15 is 0 Å². The highest BCUT2D eigenvalue weighted by Crippen LogP contribution is 2.20. The maximum atomic E-state index is 12.5. The molecule has 130 valence electrons. The molecule has 0 bridgehead atoms. The number of carbonyl (C=O) groups excluding carboxylic acids is 2. The van der Waals surface area contributed by atoms with E-state index in [9.17, 15) is 9.59 Å². The first-order chi connectivity index (χ1) is 12.1. The average Bonchev–Trinajstić information content (AvgIpc) is 2.63. The third kappa shape index (κ3) is 4.51. The van der Waals surface area contributed by atoms with Crippen molar-refractivity contribution < 1.29 is 14.3 Å². The lowest BCUT2D eigenvalue weighted by Crippen LogP contribution is -2.50. The topological polar surface area (TPSA) is 67.4 Å². The van der Waals surface area contributed by atoms with Crippen molar-refractivity contribution in [1.82, 2.24) is 10.6 Å². The van der Waals surface area contributed by atoms with E-state index in [2.05, 4.69) is 10.6 Å². The molecule has 1 unspecified atom stereocenters. The van der Waals surface area contributed by atoms with Gasteiger partial charge in [-0.25, -0.2) is 0 Å². The maximum Gasteiger partial charge on any atom is 0.255 e. The molecular formula is C19H19ClN2O3. The number of amides is 2. The van der Waals surface area contributed by atoms with Gasteiger partial charge in [-0.05, 0) is 42.7 Å². The number of rotatable bonds is 5. The number of benzene rings is 2. The molecule has 1 heterocycles. The number of piperidine rings is 1. The molecule has 0 aliphatic carbocycles. The number of hydrogen-bond acceptors (Lipinski definition) is 3. The molecule has 0 spiro atoms. The Kier molecular flexibility index (Phi) is 5.56. The predicted octanol–water partition coefficient (Wildman–Crippen LogP) is 2.93. The summed E-state index contributed by atoms with van der Waals surface area (Å²) in [6, 6.07) is 13.8. The first-order valence-electron chi connectivity index (χ1n) is 8.18. The molecule has 2 N–H and O–H groups in total. The monoisotopic (exact) mass is 358 g/mol. The molecule has 6 heteroatoms. The van der Waals surface area contributed by atoms with E-state index in [1.165, 1.54) is 0 Å². The van der Waals surface area contributed by atoms with Crippen molar-refractivity contribution in [2.75, 3.05) is 6.54 Å². The second-order valence-corrected chi connectivity index (χ2v) is 6.31. The zero-order chi connectivity index (χ0) is 17.6. The van der Waals surface area contributed by atoms with Crippen LogP contribution in [0.1, 0.15) is 28.8 Å². The number of nitrogens with one attached hydrogen (secondary N) is 2. The molecular weight excluding hydrogens is 340 g/mol. The van der Waals surface area contributed by atoms with Gasteiger partial charge in [-0.15, -0.1) is 0 Å². The van der Waals surface area contributed by atoms with Gasteiger partial charge in [0, 0.05) is 11.6 Å². The Labute approximate surface area is 151 Å². The van der Waals surface area contributed by atoms with E-state index in [-0.39, 0.29) is 11.8 Å². The fraction of sp³-hybridized carbons (Fsp3) is 0.263. The van der Waals surface area contributed by atoms with E-state index in [0.717, 1.165) is 12.0 Å². The second kappa shape index (κ2) is 8.03. The molecule has 0 aromatic heterocycles. The lowest BCUT2D eigenvalue weighted by molar-refractivity contribution is -0.124. The highest BCUT2D eigenvalue weighted by atomic mass is 35.5. The Hall–Kier alpha value is -2.53. The molecule has 2 aromatic rings. The molecule has 5 nitrogen and oxygen atoms in total. The highest BCUT2D eigenvalue weighted by Gasteiger charge is 2.25. The molecule has 1 aliphatic heterocycles. The van der Waals surface area contributed by atoms with Crippen molar-refractivity contribution in [3.63, 3.8) is 0 Å². The third-order valence-corrected chi connectivity index (χ3v) is 4.28. The van der Waals surface area contributed by atoms with Gasteiger partial charge < -0.3 is 15.4 Å². The molecule has 0 radical (unpaired) electrons. The first kappa shape index (κ1) is 17.3. The van der Waals surface area contributed by atoms with E-state index < -0.39 is 6.04 Å². The first-order valence-corrected chi connectivity index (χ1v) is 8.56. The van der Waals surface area contributed by atoms with Gasteiger partial charge >= 0.3 is 0 Å². The molecule has 1 saturated heterocycles. The Balaban J connectivity index is 1.68. The van der Waals surface area contributed by atoms with Crippen LogP contribution in [-0.2, 0) is 11.4 Å². The van der Waals surface area contributed by atoms with Gasteiger partial charge in [-0.2, -0.15) is 0 Å². The normalized spacial score (nSPS) is 16.8. The summed E-state index contributed by atoms with van der Waals surface area (Å²) in [4.78, 5) is 24.4. The predicted molar refractivity (Wildman–Crippen MR) is 95.7 cm³/mol. The lowest BCUT2D eigenvalue weighted by Gasteiger charge is -2.23. The minimum atomic E-state index is -0.495. The van der Waals surface area contributed by atoms with Crippen molar-refractivity contribution in [3.05, 3.63) is 64.7 Å². The second-order valence-electron chi connectivity index (χ2n) is 5.87.